The fraction of sp³-hybridized carbons (Fsp3) is 0.462. The van der Waals surface area contributed by atoms with Crippen LogP contribution in [0, 0.1) is 10.1 Å². The van der Waals surface area contributed by atoms with Gasteiger partial charge in [0.2, 0.25) is 0 Å². The zero-order chi connectivity index (χ0) is 15.3. The predicted octanol–water partition coefficient (Wildman–Crippen LogP) is 0.606. The molecule has 1 rings (SSSR count). The molecule has 7 heteroatoms. The number of amides is 1. The van der Waals surface area contributed by atoms with E-state index in [1.165, 1.54) is 12.1 Å². The van der Waals surface area contributed by atoms with Crippen LogP contribution in [0.25, 0.3) is 0 Å². The molecule has 0 unspecified atom stereocenters. The molecule has 0 aliphatic rings. The van der Waals surface area contributed by atoms with Crippen LogP contribution >= 0.6 is 0 Å². The van der Waals surface area contributed by atoms with Gasteiger partial charge < -0.3 is 0 Å². The van der Waals surface area contributed by atoms with E-state index in [2.05, 4.69) is 0 Å². The SMILES string of the molecule is C[Se]c1ccc([N+](=O)[O-])cc1C(=O)N(C)CCN(C)C. The van der Waals surface area contributed by atoms with Crippen LogP contribution < -0.4 is 4.46 Å². The number of nitro benzene ring substituents is 1. The Morgan fingerprint density at radius 2 is 1.95 bits per heavy atom. The Bertz CT molecular complexity index is 506. The van der Waals surface area contributed by atoms with Gasteiger partial charge in [-0.2, -0.15) is 0 Å². The van der Waals surface area contributed by atoms with E-state index >= 15 is 0 Å². The molecule has 6 nitrogen and oxygen atoms in total. The Balaban J connectivity index is 3.00. The summed E-state index contributed by atoms with van der Waals surface area (Å²) in [5.74, 6) is 1.83. The fourth-order valence-corrected chi connectivity index (χ4v) is 2.83. The summed E-state index contributed by atoms with van der Waals surface area (Å²) in [7, 11) is 5.59. The van der Waals surface area contributed by atoms with Crippen LogP contribution in [0.5, 0.6) is 0 Å². The molecule has 0 aliphatic heterocycles. The predicted molar refractivity (Wildman–Crippen MR) is 79.9 cm³/mol. The number of non-ortho nitro benzene ring substituents is 1. The van der Waals surface area contributed by atoms with Crippen molar-refractivity contribution >= 4 is 31.0 Å². The molecule has 0 heterocycles. The van der Waals surface area contributed by atoms with Gasteiger partial charge >= 0.3 is 124 Å². The number of likely N-dealkylation sites (N-methyl/N-ethyl adjacent to an activating group) is 2. The minimum absolute atomic E-state index is 0.0395. The molecule has 0 atom stereocenters. The minimum atomic E-state index is -0.469. The third-order valence-corrected chi connectivity index (χ3v) is 4.52. The summed E-state index contributed by atoms with van der Waals surface area (Å²) < 4.78 is 0.893. The summed E-state index contributed by atoms with van der Waals surface area (Å²) in [6, 6.07) is 4.53. The molecule has 0 aromatic heterocycles. The van der Waals surface area contributed by atoms with E-state index in [4.69, 9.17) is 0 Å². The van der Waals surface area contributed by atoms with Gasteiger partial charge in [0.1, 0.15) is 0 Å². The molecule has 0 saturated carbocycles. The monoisotopic (exact) mass is 345 g/mol. The van der Waals surface area contributed by atoms with Gasteiger partial charge in [-0.3, -0.25) is 0 Å². The third kappa shape index (κ3) is 4.30. The summed E-state index contributed by atoms with van der Waals surface area (Å²) in [4.78, 5) is 26.4. The number of hydrogen-bond acceptors (Lipinski definition) is 4. The first-order valence-electron chi connectivity index (χ1n) is 6.09. The fourth-order valence-electron chi connectivity index (χ4n) is 1.63. The number of carbonyl (C=O) groups is 1. The Morgan fingerprint density at radius 3 is 2.45 bits per heavy atom. The molecule has 1 aromatic carbocycles. The molecule has 110 valence electrons. The first kappa shape index (κ1) is 16.6. The van der Waals surface area contributed by atoms with E-state index in [0.29, 0.717) is 12.1 Å². The molecule has 1 aromatic rings. The number of benzene rings is 1. The molecule has 0 fully saturated rings. The third-order valence-electron chi connectivity index (χ3n) is 2.85. The van der Waals surface area contributed by atoms with Gasteiger partial charge in [-0.1, -0.05) is 0 Å². The Labute approximate surface area is 125 Å². The standard InChI is InChI=1S/C13H19N3O3Se/c1-14(2)7-8-15(3)13(17)11-9-10(16(18)19)5-6-12(11)20-4/h5-6,9H,7-8H2,1-4H3. The van der Waals surface area contributed by atoms with Gasteiger partial charge in [0.05, 0.1) is 0 Å². The van der Waals surface area contributed by atoms with Gasteiger partial charge in [0, 0.05) is 0 Å². The topological polar surface area (TPSA) is 66.7 Å². The average molecular weight is 344 g/mol. The van der Waals surface area contributed by atoms with Crippen LogP contribution in [0.2, 0.25) is 5.82 Å². The van der Waals surface area contributed by atoms with E-state index in [9.17, 15) is 14.9 Å². The van der Waals surface area contributed by atoms with Gasteiger partial charge in [-0.05, 0) is 0 Å². The van der Waals surface area contributed by atoms with Crippen molar-refractivity contribution in [3.05, 3.63) is 33.9 Å². The summed E-state index contributed by atoms with van der Waals surface area (Å²) in [5, 5.41) is 10.8. The van der Waals surface area contributed by atoms with Gasteiger partial charge in [0.15, 0.2) is 0 Å². The molecule has 0 N–H and O–H groups in total. The first-order chi connectivity index (χ1) is 9.36. The molecule has 20 heavy (non-hydrogen) atoms. The Kier molecular flexibility index (Phi) is 6.13. The van der Waals surface area contributed by atoms with Crippen LogP contribution in [-0.2, 0) is 0 Å². The molecule has 0 saturated heterocycles. The molecule has 0 bridgehead atoms. The summed E-state index contributed by atoms with van der Waals surface area (Å²) in [6.07, 6.45) is 0. The average Bonchev–Trinajstić information content (AvgIpc) is 2.42. The second kappa shape index (κ2) is 7.38. The molecule has 0 aliphatic carbocycles. The van der Waals surface area contributed by atoms with Crippen LogP contribution in [0.1, 0.15) is 10.4 Å². The summed E-state index contributed by atoms with van der Waals surface area (Å²) in [6.45, 7) is 1.34. The molecule has 1 amide bonds. The number of rotatable bonds is 6. The summed E-state index contributed by atoms with van der Waals surface area (Å²) >= 11 is 0.114. The van der Waals surface area contributed by atoms with E-state index in [1.807, 2.05) is 24.8 Å². The Morgan fingerprint density at radius 1 is 1.30 bits per heavy atom. The van der Waals surface area contributed by atoms with Crippen molar-refractivity contribution in [2.24, 2.45) is 0 Å². The van der Waals surface area contributed by atoms with Crippen LogP contribution in [-0.4, -0.2) is 69.8 Å². The molecular formula is C13H19N3O3Se. The van der Waals surface area contributed by atoms with E-state index < -0.39 is 4.92 Å². The zero-order valence-electron chi connectivity index (χ0n) is 12.1. The first-order valence-corrected chi connectivity index (χ1v) is 8.66. The van der Waals surface area contributed by atoms with Crippen molar-refractivity contribution in [3.63, 3.8) is 0 Å². The normalized spacial score (nSPS) is 10.7. The quantitative estimate of drug-likeness (QED) is 0.431. The van der Waals surface area contributed by atoms with E-state index in [1.54, 1.807) is 18.0 Å². The molecule has 0 radical (unpaired) electrons. The van der Waals surface area contributed by atoms with Gasteiger partial charge in [-0.25, -0.2) is 0 Å². The number of nitro groups is 1. The second-order valence-corrected chi connectivity index (χ2v) is 6.45. The number of carbonyl (C=O) groups excluding carboxylic acids is 1. The maximum atomic E-state index is 12.4. The van der Waals surface area contributed by atoms with Crippen LogP contribution in [0.3, 0.4) is 0 Å². The van der Waals surface area contributed by atoms with Crippen molar-refractivity contribution in [3.8, 4) is 0 Å². The Hall–Kier alpha value is -1.43. The van der Waals surface area contributed by atoms with Crippen molar-refractivity contribution in [2.75, 3.05) is 34.2 Å². The van der Waals surface area contributed by atoms with E-state index in [-0.39, 0.29) is 26.6 Å². The maximum absolute atomic E-state index is 12.4. The number of nitrogens with zero attached hydrogens (tertiary/aromatic N) is 3. The van der Waals surface area contributed by atoms with Crippen molar-refractivity contribution in [1.82, 2.24) is 9.80 Å². The van der Waals surface area contributed by atoms with Gasteiger partial charge in [0.25, 0.3) is 0 Å². The van der Waals surface area contributed by atoms with E-state index in [0.717, 1.165) is 11.0 Å². The van der Waals surface area contributed by atoms with Crippen LogP contribution in [0.4, 0.5) is 5.69 Å². The van der Waals surface area contributed by atoms with Crippen molar-refractivity contribution in [2.45, 2.75) is 5.82 Å². The van der Waals surface area contributed by atoms with Crippen LogP contribution in [0.15, 0.2) is 18.2 Å². The summed E-state index contributed by atoms with van der Waals surface area (Å²) in [5.41, 5.74) is 0.408. The van der Waals surface area contributed by atoms with Crippen molar-refractivity contribution < 1.29 is 9.72 Å². The van der Waals surface area contributed by atoms with Crippen molar-refractivity contribution in [1.29, 1.82) is 0 Å². The molecular weight excluding hydrogens is 325 g/mol. The zero-order valence-corrected chi connectivity index (χ0v) is 13.8. The second-order valence-electron chi connectivity index (χ2n) is 4.67. The van der Waals surface area contributed by atoms with Gasteiger partial charge in [-0.15, -0.1) is 0 Å². The number of hydrogen-bond donors (Lipinski definition) is 0. The molecule has 0 spiro atoms.